The summed E-state index contributed by atoms with van der Waals surface area (Å²) in [6.07, 6.45) is 3.96. The van der Waals surface area contributed by atoms with Crippen LogP contribution in [0.25, 0.3) is 0 Å². The lowest BCUT2D eigenvalue weighted by molar-refractivity contribution is -0.699. The van der Waals surface area contributed by atoms with E-state index in [-0.39, 0.29) is 6.67 Å². The van der Waals surface area contributed by atoms with E-state index in [2.05, 4.69) is 5.32 Å². The van der Waals surface area contributed by atoms with E-state index in [0.29, 0.717) is 10.8 Å². The molecule has 1 amide bonds. The van der Waals surface area contributed by atoms with Gasteiger partial charge in [-0.2, -0.15) is 8.96 Å². The number of amides is 1. The van der Waals surface area contributed by atoms with E-state index < -0.39 is 23.1 Å². The minimum Gasteiger partial charge on any atom is -0.281 e. The third-order valence-corrected chi connectivity index (χ3v) is 2.31. The van der Waals surface area contributed by atoms with Crippen LogP contribution < -0.4 is 21.1 Å². The molecule has 0 saturated carbocycles. The van der Waals surface area contributed by atoms with Crippen molar-refractivity contribution in [2.75, 3.05) is 0 Å². The van der Waals surface area contributed by atoms with Crippen molar-refractivity contribution in [3.8, 4) is 0 Å². The smallest absolute Gasteiger partial charge is 0.281 e. The molecule has 8 heteroatoms. The number of pyridine rings is 1. The van der Waals surface area contributed by atoms with Gasteiger partial charge in [0.25, 0.3) is 5.56 Å². The van der Waals surface area contributed by atoms with E-state index >= 15 is 0 Å². The molecule has 98 valence electrons. The molecule has 0 fully saturated rings. The average molecular weight is 265 g/mol. The van der Waals surface area contributed by atoms with E-state index in [1.165, 1.54) is 0 Å². The Morgan fingerprint density at radius 1 is 1.32 bits per heavy atom. The van der Waals surface area contributed by atoms with Crippen LogP contribution in [0.1, 0.15) is 0 Å². The van der Waals surface area contributed by atoms with Crippen molar-refractivity contribution >= 4 is 6.03 Å². The number of H-pyrrole nitrogens is 1. The zero-order valence-electron chi connectivity index (χ0n) is 9.67. The molecule has 0 spiro atoms. The van der Waals surface area contributed by atoms with Crippen molar-refractivity contribution in [1.29, 1.82) is 0 Å². The molecular weight excluding hydrogens is 255 g/mol. The van der Waals surface area contributed by atoms with Gasteiger partial charge in [-0.1, -0.05) is 6.07 Å². The van der Waals surface area contributed by atoms with Gasteiger partial charge in [0.05, 0.1) is 6.20 Å². The highest BCUT2D eigenvalue weighted by Gasteiger charge is 2.11. The van der Waals surface area contributed by atoms with Crippen molar-refractivity contribution in [1.82, 2.24) is 14.9 Å². The number of nitrogens with one attached hydrogen (secondary N) is 2. The number of carbonyl (C=O) groups is 1. The molecule has 0 aliphatic heterocycles. The number of carbonyl (C=O) groups excluding carboxylic acids is 1. The first kappa shape index (κ1) is 12.7. The third-order valence-electron chi connectivity index (χ3n) is 2.31. The zero-order valence-corrected chi connectivity index (χ0v) is 9.67. The second-order valence-electron chi connectivity index (χ2n) is 3.64. The molecule has 0 bridgehead atoms. The Morgan fingerprint density at radius 2 is 2.00 bits per heavy atom. The number of hydrogen-bond acceptors (Lipinski definition) is 3. The van der Waals surface area contributed by atoms with Crippen LogP contribution in [0.4, 0.5) is 9.18 Å². The van der Waals surface area contributed by atoms with Crippen LogP contribution in [0, 0.1) is 5.82 Å². The van der Waals surface area contributed by atoms with Gasteiger partial charge in [0.15, 0.2) is 12.4 Å². The number of hydrogen-bond donors (Lipinski definition) is 2. The molecule has 2 rings (SSSR count). The van der Waals surface area contributed by atoms with E-state index in [1.54, 1.807) is 40.1 Å². The second-order valence-corrected chi connectivity index (χ2v) is 3.64. The van der Waals surface area contributed by atoms with Gasteiger partial charge in [0.1, 0.15) is 0 Å². The third kappa shape index (κ3) is 2.92. The summed E-state index contributed by atoms with van der Waals surface area (Å²) in [5.74, 6) is -1.21. The molecule has 0 aliphatic carbocycles. The van der Waals surface area contributed by atoms with Crippen LogP contribution in [0.5, 0.6) is 0 Å². The van der Waals surface area contributed by atoms with Gasteiger partial charge in [-0.05, 0) is 0 Å². The van der Waals surface area contributed by atoms with Crippen LogP contribution in [0.15, 0.2) is 46.4 Å². The van der Waals surface area contributed by atoms with Crippen LogP contribution in [0.3, 0.4) is 0 Å². The lowest BCUT2D eigenvalue weighted by Crippen LogP contribution is -2.47. The molecule has 2 N–H and O–H groups in total. The Hall–Kier alpha value is -2.77. The van der Waals surface area contributed by atoms with E-state index in [4.69, 9.17) is 0 Å². The highest BCUT2D eigenvalue weighted by Crippen LogP contribution is 1.84. The van der Waals surface area contributed by atoms with Gasteiger partial charge in [0, 0.05) is 12.1 Å². The van der Waals surface area contributed by atoms with Gasteiger partial charge in [0.2, 0.25) is 12.5 Å². The Balaban J connectivity index is 2.15. The summed E-state index contributed by atoms with van der Waals surface area (Å²) < 4.78 is 15.1. The summed E-state index contributed by atoms with van der Waals surface area (Å²) in [7, 11) is 0. The summed E-state index contributed by atoms with van der Waals surface area (Å²) in [5, 5.41) is 2.40. The predicted octanol–water partition coefficient (Wildman–Crippen LogP) is -0.821. The first-order valence-electron chi connectivity index (χ1n) is 5.31. The molecule has 2 heterocycles. The number of aromatic nitrogens is 3. The maximum atomic E-state index is 13.0. The SMILES string of the molecule is O=C(NC[n+]1ccccc1)n1cc(F)c(=O)[nH]c1=O. The predicted molar refractivity (Wildman–Crippen MR) is 61.8 cm³/mol. The average Bonchev–Trinajstić information content (AvgIpc) is 2.41. The van der Waals surface area contributed by atoms with Crippen molar-refractivity contribution in [3.05, 3.63) is 63.4 Å². The first-order chi connectivity index (χ1) is 9.08. The minimum atomic E-state index is -1.21. The van der Waals surface area contributed by atoms with Crippen LogP contribution >= 0.6 is 0 Å². The lowest BCUT2D eigenvalue weighted by Gasteiger charge is -2.03. The maximum Gasteiger partial charge on any atom is 0.336 e. The van der Waals surface area contributed by atoms with Crippen molar-refractivity contribution in [2.45, 2.75) is 6.67 Å². The number of nitrogens with zero attached hydrogens (tertiary/aromatic N) is 2. The fraction of sp³-hybridized carbons (Fsp3) is 0.0909. The van der Waals surface area contributed by atoms with Crippen LogP contribution in [-0.4, -0.2) is 15.6 Å². The summed E-state index contributed by atoms with van der Waals surface area (Å²) in [6.45, 7) is 0.104. The van der Waals surface area contributed by atoms with Crippen molar-refractivity contribution in [3.63, 3.8) is 0 Å². The van der Waals surface area contributed by atoms with Crippen LogP contribution in [-0.2, 0) is 6.67 Å². The molecule has 0 saturated heterocycles. The van der Waals surface area contributed by atoms with Crippen LogP contribution in [0.2, 0.25) is 0 Å². The Morgan fingerprint density at radius 3 is 2.68 bits per heavy atom. The minimum absolute atomic E-state index is 0.104. The molecule has 19 heavy (non-hydrogen) atoms. The number of rotatable bonds is 2. The molecule has 7 nitrogen and oxygen atoms in total. The molecular formula is C11H10FN4O3+. The maximum absolute atomic E-state index is 13.0. The highest BCUT2D eigenvalue weighted by molar-refractivity contribution is 5.75. The molecule has 0 aromatic carbocycles. The van der Waals surface area contributed by atoms with Gasteiger partial charge in [-0.15, -0.1) is 0 Å². The van der Waals surface area contributed by atoms with Crippen molar-refractivity contribution in [2.24, 2.45) is 0 Å². The topological polar surface area (TPSA) is 87.8 Å². The van der Waals surface area contributed by atoms with E-state index in [0.717, 1.165) is 0 Å². The molecule has 0 aliphatic rings. The second kappa shape index (κ2) is 5.25. The monoisotopic (exact) mass is 265 g/mol. The molecule has 0 unspecified atom stereocenters. The molecule has 0 atom stereocenters. The number of aromatic amines is 1. The summed E-state index contributed by atoms with van der Waals surface area (Å²) >= 11 is 0. The lowest BCUT2D eigenvalue weighted by atomic mass is 10.5. The Bertz CT molecular complexity index is 708. The fourth-order valence-corrected chi connectivity index (χ4v) is 1.38. The van der Waals surface area contributed by atoms with Gasteiger partial charge in [-0.3, -0.25) is 15.1 Å². The fourth-order valence-electron chi connectivity index (χ4n) is 1.38. The largest absolute Gasteiger partial charge is 0.336 e. The Kier molecular flexibility index (Phi) is 3.51. The molecule has 2 aromatic rings. The molecule has 0 radical (unpaired) electrons. The van der Waals surface area contributed by atoms with Gasteiger partial charge in [-0.25, -0.2) is 14.2 Å². The quantitative estimate of drug-likeness (QED) is 0.695. The summed E-state index contributed by atoms with van der Waals surface area (Å²) in [4.78, 5) is 35.5. The van der Waals surface area contributed by atoms with Gasteiger partial charge < -0.3 is 0 Å². The highest BCUT2D eigenvalue weighted by atomic mass is 19.1. The standard InChI is InChI=1S/C11H9FN4O3/c12-8-6-16(11(19)14-9(8)17)10(18)13-7-15-4-2-1-3-5-15/h1-6H,7H2,(H-,13,14,17,18,19)/p+1. The summed E-state index contributed by atoms with van der Waals surface area (Å²) in [6, 6.07) is 4.49. The number of halogens is 1. The first-order valence-corrected chi connectivity index (χ1v) is 5.31. The van der Waals surface area contributed by atoms with Gasteiger partial charge >= 0.3 is 11.7 Å². The Labute approximate surface area is 105 Å². The van der Waals surface area contributed by atoms with E-state index in [1.807, 2.05) is 0 Å². The normalized spacial score (nSPS) is 10.2. The van der Waals surface area contributed by atoms with E-state index in [9.17, 15) is 18.8 Å². The van der Waals surface area contributed by atoms with Crippen molar-refractivity contribution < 1.29 is 13.8 Å². The zero-order chi connectivity index (χ0) is 13.8. The summed E-state index contributed by atoms with van der Waals surface area (Å²) in [5.41, 5.74) is -2.16. The molecule has 2 aromatic heterocycles.